The highest BCUT2D eigenvalue weighted by Crippen LogP contribution is 2.31. The molecule has 1 N–H and O–H groups in total. The van der Waals surface area contributed by atoms with Gasteiger partial charge >= 0.3 is 0 Å². The van der Waals surface area contributed by atoms with Gasteiger partial charge in [-0.1, -0.05) is 24.3 Å². The van der Waals surface area contributed by atoms with Crippen LogP contribution in [0.15, 0.2) is 66.7 Å². The number of amides is 2. The molecule has 3 aromatic carbocycles. The van der Waals surface area contributed by atoms with Crippen molar-refractivity contribution in [2.24, 2.45) is 0 Å². The zero-order valence-corrected chi connectivity index (χ0v) is 17.2. The molecule has 0 atom stereocenters. The molecule has 31 heavy (non-hydrogen) atoms. The van der Waals surface area contributed by atoms with Gasteiger partial charge in [0.2, 0.25) is 5.91 Å². The highest BCUT2D eigenvalue weighted by Gasteiger charge is 2.28. The maximum Gasteiger partial charge on any atom is 0.251 e. The molecule has 6 heteroatoms. The van der Waals surface area contributed by atoms with E-state index in [2.05, 4.69) is 5.32 Å². The molecule has 0 saturated carbocycles. The van der Waals surface area contributed by atoms with Gasteiger partial charge in [0.05, 0.1) is 19.6 Å². The van der Waals surface area contributed by atoms with Crippen molar-refractivity contribution in [2.75, 3.05) is 11.5 Å². The largest absolute Gasteiger partial charge is 0.494 e. The summed E-state index contributed by atoms with van der Waals surface area (Å²) in [6, 6.07) is 19.0. The van der Waals surface area contributed by atoms with E-state index in [1.54, 1.807) is 35.2 Å². The molecule has 1 aliphatic rings. The van der Waals surface area contributed by atoms with E-state index in [-0.39, 0.29) is 24.1 Å². The van der Waals surface area contributed by atoms with Gasteiger partial charge in [0.1, 0.15) is 11.6 Å². The fraction of sp³-hybridized carbons (Fsp3) is 0.200. The Morgan fingerprint density at radius 1 is 1.03 bits per heavy atom. The lowest BCUT2D eigenvalue weighted by Crippen LogP contribution is -2.26. The zero-order chi connectivity index (χ0) is 21.8. The van der Waals surface area contributed by atoms with Crippen LogP contribution in [0.2, 0.25) is 0 Å². The molecule has 0 unspecified atom stereocenters. The number of hydrogen-bond donors (Lipinski definition) is 1. The molecule has 0 radical (unpaired) electrons. The van der Waals surface area contributed by atoms with Crippen LogP contribution >= 0.6 is 0 Å². The van der Waals surface area contributed by atoms with Crippen molar-refractivity contribution in [1.82, 2.24) is 5.32 Å². The average molecular weight is 418 g/mol. The minimum absolute atomic E-state index is 0.0359. The highest BCUT2D eigenvalue weighted by molar-refractivity contribution is 6.03. The number of carbonyl (C=O) groups is 2. The molecule has 1 heterocycles. The lowest BCUT2D eigenvalue weighted by Gasteiger charge is -2.18. The maximum atomic E-state index is 13.1. The molecule has 5 nitrogen and oxygen atoms in total. The Hall–Kier alpha value is -3.67. The molecular formula is C25H23FN2O3. The molecule has 0 bridgehead atoms. The van der Waals surface area contributed by atoms with Crippen LogP contribution in [0.4, 0.5) is 10.1 Å². The zero-order valence-electron chi connectivity index (χ0n) is 17.2. The number of rotatable bonds is 7. The average Bonchev–Trinajstić information content (AvgIpc) is 3.09. The Balaban J connectivity index is 1.42. The second kappa shape index (κ2) is 9.00. The number of hydrogen-bond acceptors (Lipinski definition) is 3. The van der Waals surface area contributed by atoms with Gasteiger partial charge in [0, 0.05) is 17.8 Å². The summed E-state index contributed by atoms with van der Waals surface area (Å²) in [5.41, 5.74) is 3.94. The third-order valence-corrected chi connectivity index (χ3v) is 5.22. The Morgan fingerprint density at radius 3 is 2.45 bits per heavy atom. The molecule has 3 aromatic rings. The van der Waals surface area contributed by atoms with Gasteiger partial charge in [-0.05, 0) is 66.1 Å². The first kappa shape index (κ1) is 20.6. The van der Waals surface area contributed by atoms with E-state index in [0.717, 1.165) is 28.1 Å². The Bertz CT molecular complexity index is 1090. The summed E-state index contributed by atoms with van der Waals surface area (Å²) >= 11 is 0. The number of anilines is 1. The van der Waals surface area contributed by atoms with Crippen LogP contribution < -0.4 is 15.0 Å². The molecule has 0 saturated heterocycles. The minimum Gasteiger partial charge on any atom is -0.494 e. The maximum absolute atomic E-state index is 13.1. The van der Waals surface area contributed by atoms with Gasteiger partial charge in [-0.3, -0.25) is 9.59 Å². The Kier molecular flexibility index (Phi) is 5.98. The van der Waals surface area contributed by atoms with Crippen LogP contribution in [0.1, 0.15) is 34.0 Å². The summed E-state index contributed by atoms with van der Waals surface area (Å²) in [7, 11) is 0. The summed E-state index contributed by atoms with van der Waals surface area (Å²) in [6.07, 6.45) is 0.247. The second-order valence-corrected chi connectivity index (χ2v) is 7.39. The van der Waals surface area contributed by atoms with Crippen LogP contribution in [0.3, 0.4) is 0 Å². The van der Waals surface area contributed by atoms with E-state index in [9.17, 15) is 14.0 Å². The van der Waals surface area contributed by atoms with E-state index in [1.807, 2.05) is 31.2 Å². The highest BCUT2D eigenvalue weighted by atomic mass is 19.1. The van der Waals surface area contributed by atoms with E-state index in [4.69, 9.17) is 4.74 Å². The predicted molar refractivity (Wildman–Crippen MR) is 117 cm³/mol. The fourth-order valence-corrected chi connectivity index (χ4v) is 3.62. The smallest absolute Gasteiger partial charge is 0.251 e. The number of benzene rings is 3. The summed E-state index contributed by atoms with van der Waals surface area (Å²) in [4.78, 5) is 26.8. The molecule has 1 aliphatic heterocycles. The molecule has 0 aliphatic carbocycles. The third-order valence-electron chi connectivity index (χ3n) is 5.22. The van der Waals surface area contributed by atoms with Crippen molar-refractivity contribution in [2.45, 2.75) is 26.4 Å². The first-order chi connectivity index (χ1) is 15.0. The van der Waals surface area contributed by atoms with Crippen molar-refractivity contribution in [3.05, 3.63) is 94.8 Å². The van der Waals surface area contributed by atoms with Crippen molar-refractivity contribution >= 4 is 17.5 Å². The Morgan fingerprint density at radius 2 is 1.74 bits per heavy atom. The molecule has 4 rings (SSSR count). The van der Waals surface area contributed by atoms with E-state index in [1.165, 1.54) is 12.1 Å². The fourth-order valence-electron chi connectivity index (χ4n) is 3.62. The van der Waals surface area contributed by atoms with Crippen LogP contribution in [-0.2, 0) is 24.3 Å². The topological polar surface area (TPSA) is 58.6 Å². The van der Waals surface area contributed by atoms with Crippen molar-refractivity contribution in [3.8, 4) is 5.75 Å². The molecular weight excluding hydrogens is 395 g/mol. The van der Waals surface area contributed by atoms with E-state index < -0.39 is 0 Å². The van der Waals surface area contributed by atoms with Gasteiger partial charge in [-0.15, -0.1) is 0 Å². The number of carbonyl (C=O) groups excluding carboxylic acids is 2. The number of fused-ring (bicyclic) bond motifs is 1. The molecule has 158 valence electrons. The summed E-state index contributed by atoms with van der Waals surface area (Å²) in [5.74, 6) is 0.260. The van der Waals surface area contributed by atoms with Crippen LogP contribution in [0.25, 0.3) is 0 Å². The number of nitrogens with zero attached hydrogens (tertiary/aromatic N) is 1. The second-order valence-electron chi connectivity index (χ2n) is 7.39. The molecule has 0 aromatic heterocycles. The minimum atomic E-state index is -0.308. The van der Waals surface area contributed by atoms with Gasteiger partial charge in [-0.2, -0.15) is 0 Å². The molecule has 0 fully saturated rings. The third kappa shape index (κ3) is 4.74. The van der Waals surface area contributed by atoms with Crippen LogP contribution in [0.5, 0.6) is 5.75 Å². The van der Waals surface area contributed by atoms with Gasteiger partial charge < -0.3 is 15.0 Å². The van der Waals surface area contributed by atoms with E-state index >= 15 is 0 Å². The van der Waals surface area contributed by atoms with Crippen LogP contribution in [0, 0.1) is 5.82 Å². The van der Waals surface area contributed by atoms with Gasteiger partial charge in [0.15, 0.2) is 0 Å². The standard InChI is InChI=1S/C25H23FN2O3/c1-2-31-22-10-5-17(6-11-22)15-27-25(30)19-7-12-23-20(13-19)14-24(29)28(23)16-18-3-8-21(26)9-4-18/h3-13H,2,14-16H2,1H3,(H,27,30). The summed E-state index contributed by atoms with van der Waals surface area (Å²) in [6.45, 7) is 3.31. The van der Waals surface area contributed by atoms with Crippen molar-refractivity contribution in [1.29, 1.82) is 0 Å². The van der Waals surface area contributed by atoms with Gasteiger partial charge in [0.25, 0.3) is 5.91 Å². The SMILES string of the molecule is CCOc1ccc(CNC(=O)c2ccc3c(c2)CC(=O)N3Cc2ccc(F)cc2)cc1. The summed E-state index contributed by atoms with van der Waals surface area (Å²) < 4.78 is 18.6. The quantitative estimate of drug-likeness (QED) is 0.624. The lowest BCUT2D eigenvalue weighted by atomic mass is 10.1. The molecule has 2 amide bonds. The van der Waals surface area contributed by atoms with E-state index in [0.29, 0.717) is 25.3 Å². The first-order valence-corrected chi connectivity index (χ1v) is 10.2. The normalized spacial score (nSPS) is 12.6. The molecule has 0 spiro atoms. The lowest BCUT2D eigenvalue weighted by molar-refractivity contribution is -0.117. The predicted octanol–water partition coefficient (Wildman–Crippen LogP) is 4.24. The number of ether oxygens (including phenoxy) is 1. The number of nitrogens with one attached hydrogen (secondary N) is 1. The Labute approximate surface area is 180 Å². The van der Waals surface area contributed by atoms with Crippen LogP contribution in [-0.4, -0.2) is 18.4 Å². The van der Waals surface area contributed by atoms with Crippen molar-refractivity contribution in [3.63, 3.8) is 0 Å². The monoisotopic (exact) mass is 418 g/mol. The summed E-state index contributed by atoms with van der Waals surface area (Å²) in [5, 5.41) is 2.91. The van der Waals surface area contributed by atoms with Crippen molar-refractivity contribution < 1.29 is 18.7 Å². The van der Waals surface area contributed by atoms with Gasteiger partial charge in [-0.25, -0.2) is 4.39 Å². The first-order valence-electron chi connectivity index (χ1n) is 10.2. The number of halogens is 1.